The van der Waals surface area contributed by atoms with E-state index in [1.165, 1.54) is 32.4 Å². The number of likely N-dealkylation sites (tertiary alicyclic amines) is 1. The van der Waals surface area contributed by atoms with Crippen LogP contribution in [0.3, 0.4) is 0 Å². The Bertz CT molecular complexity index is 946. The third kappa shape index (κ3) is 5.05. The molecule has 2 aliphatic heterocycles. The highest BCUT2D eigenvalue weighted by atomic mass is 16.5. The number of piperidine rings is 2. The summed E-state index contributed by atoms with van der Waals surface area (Å²) in [5.74, 6) is -0.619. The van der Waals surface area contributed by atoms with E-state index in [9.17, 15) is 14.7 Å². The van der Waals surface area contributed by atoms with E-state index in [1.807, 2.05) is 6.07 Å². The quantitative estimate of drug-likeness (QED) is 0.708. The SMILES string of the molecule is COc1ccc(C(=O)Nc2cc(C(=O)O)ccc2N2CCC(N3CCCCC3)CC2)cc1. The summed E-state index contributed by atoms with van der Waals surface area (Å²) in [6.45, 7) is 4.17. The lowest BCUT2D eigenvalue weighted by molar-refractivity contribution is 0.0696. The molecular weight excluding hydrogens is 406 g/mol. The smallest absolute Gasteiger partial charge is 0.335 e. The maximum Gasteiger partial charge on any atom is 0.335 e. The number of hydrogen-bond acceptors (Lipinski definition) is 5. The second-order valence-electron chi connectivity index (χ2n) is 8.53. The topological polar surface area (TPSA) is 82.1 Å². The van der Waals surface area contributed by atoms with Gasteiger partial charge in [-0.3, -0.25) is 4.79 Å². The molecule has 7 nitrogen and oxygen atoms in total. The lowest BCUT2D eigenvalue weighted by Gasteiger charge is -2.41. The predicted octanol–water partition coefficient (Wildman–Crippen LogP) is 4.10. The minimum Gasteiger partial charge on any atom is -0.497 e. The minimum atomic E-state index is -1.01. The number of carbonyl (C=O) groups excluding carboxylic acids is 1. The van der Waals surface area contributed by atoms with Gasteiger partial charge in [0.05, 0.1) is 24.0 Å². The average Bonchev–Trinajstić information content (AvgIpc) is 2.84. The number of amides is 1. The molecule has 170 valence electrons. The predicted molar refractivity (Wildman–Crippen MR) is 125 cm³/mol. The number of anilines is 2. The van der Waals surface area contributed by atoms with E-state index >= 15 is 0 Å². The van der Waals surface area contributed by atoms with Crippen molar-refractivity contribution in [3.05, 3.63) is 53.6 Å². The van der Waals surface area contributed by atoms with Crippen LogP contribution in [-0.4, -0.2) is 61.2 Å². The van der Waals surface area contributed by atoms with E-state index in [-0.39, 0.29) is 11.5 Å². The molecule has 2 aliphatic rings. The average molecular weight is 438 g/mol. The standard InChI is InChI=1S/C25H31N3O4/c1-32-21-8-5-18(6-9-21)24(29)26-22-17-19(25(30)31)7-10-23(22)28-15-11-20(12-16-28)27-13-3-2-4-14-27/h5-10,17,20H,2-4,11-16H2,1H3,(H,26,29)(H,30,31). The van der Waals surface area contributed by atoms with Gasteiger partial charge in [-0.2, -0.15) is 0 Å². The van der Waals surface area contributed by atoms with Crippen molar-refractivity contribution >= 4 is 23.3 Å². The number of nitrogens with zero attached hydrogens (tertiary/aromatic N) is 2. The van der Waals surface area contributed by atoms with E-state index in [1.54, 1.807) is 43.5 Å². The van der Waals surface area contributed by atoms with Crippen LogP contribution < -0.4 is 15.0 Å². The van der Waals surface area contributed by atoms with E-state index in [0.717, 1.165) is 31.6 Å². The summed E-state index contributed by atoms with van der Waals surface area (Å²) in [5.41, 5.74) is 2.04. The van der Waals surface area contributed by atoms with E-state index in [4.69, 9.17) is 4.74 Å². The highest BCUT2D eigenvalue weighted by Crippen LogP contribution is 2.32. The molecule has 1 amide bonds. The van der Waals surface area contributed by atoms with Crippen LogP contribution in [-0.2, 0) is 0 Å². The third-order valence-corrected chi connectivity index (χ3v) is 6.56. The molecule has 0 spiro atoms. The number of carboxylic acids is 1. The van der Waals surface area contributed by atoms with Crippen LogP contribution >= 0.6 is 0 Å². The highest BCUT2D eigenvalue weighted by molar-refractivity contribution is 6.06. The number of hydrogen-bond donors (Lipinski definition) is 2. The first-order valence-corrected chi connectivity index (χ1v) is 11.4. The molecular formula is C25H31N3O4. The molecule has 2 N–H and O–H groups in total. The summed E-state index contributed by atoms with van der Waals surface area (Å²) in [5, 5.41) is 12.4. The van der Waals surface area contributed by atoms with Crippen molar-refractivity contribution in [3.63, 3.8) is 0 Å². The number of nitrogens with one attached hydrogen (secondary N) is 1. The van der Waals surface area contributed by atoms with Gasteiger partial charge in [0.2, 0.25) is 0 Å². The largest absolute Gasteiger partial charge is 0.497 e. The van der Waals surface area contributed by atoms with Crippen molar-refractivity contribution in [2.24, 2.45) is 0 Å². The Balaban J connectivity index is 1.50. The summed E-state index contributed by atoms with van der Waals surface area (Å²) in [7, 11) is 1.58. The van der Waals surface area contributed by atoms with Gasteiger partial charge in [0.1, 0.15) is 5.75 Å². The van der Waals surface area contributed by atoms with E-state index < -0.39 is 5.97 Å². The van der Waals surface area contributed by atoms with Crippen molar-refractivity contribution in [2.45, 2.75) is 38.1 Å². The van der Waals surface area contributed by atoms with Crippen molar-refractivity contribution in [1.29, 1.82) is 0 Å². The third-order valence-electron chi connectivity index (χ3n) is 6.56. The van der Waals surface area contributed by atoms with Gasteiger partial charge in [0.25, 0.3) is 5.91 Å². The Kier molecular flexibility index (Phi) is 6.95. The van der Waals surface area contributed by atoms with Crippen LogP contribution in [0, 0.1) is 0 Å². The Morgan fingerprint density at radius 2 is 1.59 bits per heavy atom. The van der Waals surface area contributed by atoms with Crippen molar-refractivity contribution < 1.29 is 19.4 Å². The molecule has 2 aromatic rings. The maximum atomic E-state index is 12.9. The van der Waals surface area contributed by atoms with Gasteiger partial charge >= 0.3 is 5.97 Å². The summed E-state index contributed by atoms with van der Waals surface area (Å²) in [6, 6.07) is 12.4. The summed E-state index contributed by atoms with van der Waals surface area (Å²) in [4.78, 5) is 29.3. The normalized spacial score (nSPS) is 17.7. The number of aromatic carboxylic acids is 1. The number of carboxylic acid groups (broad SMARTS) is 1. The Labute approximate surface area is 189 Å². The molecule has 0 aliphatic carbocycles. The molecule has 0 bridgehead atoms. The molecule has 2 fully saturated rings. The molecule has 7 heteroatoms. The van der Waals surface area contributed by atoms with E-state index in [0.29, 0.717) is 23.0 Å². The molecule has 2 saturated heterocycles. The summed E-state index contributed by atoms with van der Waals surface area (Å²) in [6.07, 6.45) is 6.07. The van der Waals surface area contributed by atoms with Crippen LogP contribution in [0.25, 0.3) is 0 Å². The second kappa shape index (κ2) is 10.0. The number of methoxy groups -OCH3 is 1. The first-order chi connectivity index (χ1) is 15.5. The van der Waals surface area contributed by atoms with Crippen LogP contribution in [0.5, 0.6) is 5.75 Å². The van der Waals surface area contributed by atoms with Crippen molar-refractivity contribution in [2.75, 3.05) is 43.5 Å². The van der Waals surface area contributed by atoms with Gasteiger partial charge in [-0.1, -0.05) is 6.42 Å². The van der Waals surface area contributed by atoms with Crippen LogP contribution in [0.1, 0.15) is 52.8 Å². The zero-order chi connectivity index (χ0) is 22.5. The van der Waals surface area contributed by atoms with Crippen LogP contribution in [0.15, 0.2) is 42.5 Å². The summed E-state index contributed by atoms with van der Waals surface area (Å²) < 4.78 is 5.15. The number of rotatable bonds is 6. The molecule has 4 rings (SSSR count). The van der Waals surface area contributed by atoms with Crippen molar-refractivity contribution in [3.8, 4) is 5.75 Å². The summed E-state index contributed by atoms with van der Waals surface area (Å²) >= 11 is 0. The lowest BCUT2D eigenvalue weighted by atomic mass is 9.99. The van der Waals surface area contributed by atoms with Gasteiger partial charge in [-0.25, -0.2) is 4.79 Å². The molecule has 2 heterocycles. The zero-order valence-corrected chi connectivity index (χ0v) is 18.5. The van der Waals surface area contributed by atoms with Crippen LogP contribution in [0.2, 0.25) is 0 Å². The molecule has 2 aromatic carbocycles. The second-order valence-corrected chi connectivity index (χ2v) is 8.53. The maximum absolute atomic E-state index is 12.9. The van der Waals surface area contributed by atoms with Crippen molar-refractivity contribution in [1.82, 2.24) is 4.90 Å². The monoisotopic (exact) mass is 437 g/mol. The fourth-order valence-electron chi connectivity index (χ4n) is 4.74. The Morgan fingerprint density at radius 3 is 2.22 bits per heavy atom. The van der Waals surface area contributed by atoms with Crippen LogP contribution in [0.4, 0.5) is 11.4 Å². The number of benzene rings is 2. The van der Waals surface area contributed by atoms with Gasteiger partial charge in [-0.05, 0) is 81.2 Å². The molecule has 0 unspecified atom stereocenters. The fraction of sp³-hybridized carbons (Fsp3) is 0.440. The van der Waals surface area contributed by atoms with Gasteiger partial charge in [-0.15, -0.1) is 0 Å². The van der Waals surface area contributed by atoms with Gasteiger partial charge in [0, 0.05) is 24.7 Å². The Morgan fingerprint density at radius 1 is 0.938 bits per heavy atom. The first kappa shape index (κ1) is 22.1. The number of ether oxygens (including phenoxy) is 1. The van der Waals surface area contributed by atoms with Gasteiger partial charge < -0.3 is 25.0 Å². The lowest BCUT2D eigenvalue weighted by Crippen LogP contribution is -2.46. The fourth-order valence-corrected chi connectivity index (χ4v) is 4.74. The van der Waals surface area contributed by atoms with E-state index in [2.05, 4.69) is 15.1 Å². The molecule has 32 heavy (non-hydrogen) atoms. The molecule has 0 atom stereocenters. The highest BCUT2D eigenvalue weighted by Gasteiger charge is 2.27. The van der Waals surface area contributed by atoms with Gasteiger partial charge in [0.15, 0.2) is 0 Å². The zero-order valence-electron chi connectivity index (χ0n) is 18.5. The molecule has 0 aromatic heterocycles. The first-order valence-electron chi connectivity index (χ1n) is 11.4. The number of carbonyl (C=O) groups is 2. The minimum absolute atomic E-state index is 0.155. The Hall–Kier alpha value is -3.06. The molecule has 0 saturated carbocycles. The molecule has 0 radical (unpaired) electrons.